The number of aliphatic hydroxyl groups excluding tert-OH is 1. The minimum absolute atomic E-state index is 0.00227. The standard InChI is InChI=1S/C23H25N3O3/c1-3-4-17-5-7-18(8-6-17)21-20(13-27)26(16(2)28)23(21)14-25(15-23)22(29)19-9-11-24-12-10-19/h3-12,20-21,27H,13-15H2,1-2H3/b4-3+/t20-,21-/m1/s1. The Morgan fingerprint density at radius 3 is 2.38 bits per heavy atom. The second-order valence-electron chi connectivity index (χ2n) is 7.78. The molecule has 2 aliphatic heterocycles. The van der Waals surface area contributed by atoms with Crippen molar-refractivity contribution in [1.29, 1.82) is 0 Å². The van der Waals surface area contributed by atoms with Crippen LogP contribution in [0.3, 0.4) is 0 Å². The third-order valence-electron chi connectivity index (χ3n) is 6.10. The van der Waals surface area contributed by atoms with E-state index >= 15 is 0 Å². The number of aromatic nitrogens is 1. The molecule has 2 aliphatic rings. The number of carbonyl (C=O) groups excluding carboxylic acids is 2. The number of rotatable bonds is 4. The number of amides is 2. The number of nitrogens with zero attached hydrogens (tertiary/aromatic N) is 3. The molecule has 2 saturated heterocycles. The van der Waals surface area contributed by atoms with Crippen LogP contribution in [0.15, 0.2) is 54.9 Å². The SMILES string of the molecule is C/C=C/c1ccc([C@@H]2[C@@H](CO)N(C(C)=O)C23CN(C(=O)c2ccncc2)C3)cc1. The summed E-state index contributed by atoms with van der Waals surface area (Å²) in [4.78, 5) is 32.6. The predicted molar refractivity (Wildman–Crippen MR) is 110 cm³/mol. The van der Waals surface area contributed by atoms with Crippen LogP contribution in [0.4, 0.5) is 0 Å². The van der Waals surface area contributed by atoms with Gasteiger partial charge in [-0.15, -0.1) is 0 Å². The maximum absolute atomic E-state index is 12.8. The highest BCUT2D eigenvalue weighted by Crippen LogP contribution is 2.54. The summed E-state index contributed by atoms with van der Waals surface area (Å²) in [5, 5.41) is 9.99. The van der Waals surface area contributed by atoms with E-state index in [-0.39, 0.29) is 30.4 Å². The summed E-state index contributed by atoms with van der Waals surface area (Å²) in [6.07, 6.45) is 7.22. The van der Waals surface area contributed by atoms with Crippen molar-refractivity contribution in [2.45, 2.75) is 31.3 Å². The van der Waals surface area contributed by atoms with E-state index in [0.29, 0.717) is 18.7 Å². The van der Waals surface area contributed by atoms with Crippen molar-refractivity contribution < 1.29 is 14.7 Å². The van der Waals surface area contributed by atoms with E-state index in [1.54, 1.807) is 34.3 Å². The fraction of sp³-hybridized carbons (Fsp3) is 0.348. The zero-order chi connectivity index (χ0) is 20.6. The van der Waals surface area contributed by atoms with Gasteiger partial charge in [0.05, 0.1) is 18.2 Å². The number of carbonyl (C=O) groups is 2. The van der Waals surface area contributed by atoms with Crippen molar-refractivity contribution in [2.75, 3.05) is 19.7 Å². The number of hydrogen-bond donors (Lipinski definition) is 1. The minimum Gasteiger partial charge on any atom is -0.394 e. The zero-order valence-electron chi connectivity index (χ0n) is 16.7. The monoisotopic (exact) mass is 391 g/mol. The lowest BCUT2D eigenvalue weighted by Crippen LogP contribution is -2.85. The Morgan fingerprint density at radius 2 is 1.83 bits per heavy atom. The van der Waals surface area contributed by atoms with Gasteiger partial charge in [-0.3, -0.25) is 14.6 Å². The van der Waals surface area contributed by atoms with Gasteiger partial charge in [0.1, 0.15) is 0 Å². The van der Waals surface area contributed by atoms with Crippen molar-refractivity contribution in [2.24, 2.45) is 0 Å². The number of likely N-dealkylation sites (tertiary alicyclic amines) is 2. The van der Waals surface area contributed by atoms with Crippen molar-refractivity contribution in [3.8, 4) is 0 Å². The third-order valence-corrected chi connectivity index (χ3v) is 6.10. The molecule has 6 heteroatoms. The van der Waals surface area contributed by atoms with E-state index in [1.807, 2.05) is 31.2 Å². The first-order valence-corrected chi connectivity index (χ1v) is 9.84. The molecule has 1 spiro atoms. The molecule has 0 unspecified atom stereocenters. The highest BCUT2D eigenvalue weighted by atomic mass is 16.3. The molecule has 6 nitrogen and oxygen atoms in total. The van der Waals surface area contributed by atoms with Crippen LogP contribution in [-0.4, -0.2) is 63.0 Å². The lowest BCUT2D eigenvalue weighted by atomic mass is 9.60. The van der Waals surface area contributed by atoms with E-state index in [4.69, 9.17) is 0 Å². The second-order valence-corrected chi connectivity index (χ2v) is 7.78. The molecular formula is C23H25N3O3. The van der Waals surface area contributed by atoms with Crippen LogP contribution in [0.5, 0.6) is 0 Å². The van der Waals surface area contributed by atoms with Crippen LogP contribution >= 0.6 is 0 Å². The molecule has 1 aromatic heterocycles. The quantitative estimate of drug-likeness (QED) is 0.868. The highest BCUT2D eigenvalue weighted by Gasteiger charge is 2.67. The van der Waals surface area contributed by atoms with Gasteiger partial charge in [-0.05, 0) is 30.2 Å². The molecule has 2 fully saturated rings. The first-order chi connectivity index (χ1) is 14.0. The van der Waals surface area contributed by atoms with Gasteiger partial charge in [-0.2, -0.15) is 0 Å². The van der Waals surface area contributed by atoms with Crippen molar-refractivity contribution in [3.05, 3.63) is 71.6 Å². The summed E-state index contributed by atoms with van der Waals surface area (Å²) in [5.41, 5.74) is 2.33. The average molecular weight is 391 g/mol. The number of hydrogen-bond acceptors (Lipinski definition) is 4. The van der Waals surface area contributed by atoms with Gasteiger partial charge < -0.3 is 14.9 Å². The van der Waals surface area contributed by atoms with Gasteiger partial charge >= 0.3 is 0 Å². The normalized spacial score (nSPS) is 22.4. The van der Waals surface area contributed by atoms with E-state index in [1.165, 1.54) is 6.92 Å². The number of allylic oxidation sites excluding steroid dienone is 1. The van der Waals surface area contributed by atoms with Gasteiger partial charge in [0.25, 0.3) is 5.91 Å². The fourth-order valence-electron chi connectivity index (χ4n) is 4.96. The van der Waals surface area contributed by atoms with Crippen LogP contribution in [-0.2, 0) is 4.79 Å². The first-order valence-electron chi connectivity index (χ1n) is 9.84. The van der Waals surface area contributed by atoms with Crippen LogP contribution in [0.1, 0.15) is 41.3 Å². The van der Waals surface area contributed by atoms with Crippen LogP contribution in [0.25, 0.3) is 6.08 Å². The Morgan fingerprint density at radius 1 is 1.17 bits per heavy atom. The summed E-state index contributed by atoms with van der Waals surface area (Å²) >= 11 is 0. The molecule has 0 aliphatic carbocycles. The molecule has 2 amide bonds. The van der Waals surface area contributed by atoms with Gasteiger partial charge in [0.2, 0.25) is 5.91 Å². The molecule has 150 valence electrons. The molecular weight excluding hydrogens is 366 g/mol. The Kier molecular flexibility index (Phi) is 4.96. The van der Waals surface area contributed by atoms with Crippen LogP contribution < -0.4 is 0 Å². The summed E-state index contributed by atoms with van der Waals surface area (Å²) < 4.78 is 0. The summed E-state index contributed by atoms with van der Waals surface area (Å²) in [6.45, 7) is 4.34. The topological polar surface area (TPSA) is 73.7 Å². The number of aliphatic hydroxyl groups is 1. The molecule has 0 radical (unpaired) electrons. The lowest BCUT2D eigenvalue weighted by molar-refractivity contribution is -0.191. The van der Waals surface area contributed by atoms with Gasteiger partial charge in [0.15, 0.2) is 0 Å². The van der Waals surface area contributed by atoms with Crippen molar-refractivity contribution in [1.82, 2.24) is 14.8 Å². The predicted octanol–water partition coefficient (Wildman–Crippen LogP) is 2.32. The molecule has 29 heavy (non-hydrogen) atoms. The molecule has 0 saturated carbocycles. The summed E-state index contributed by atoms with van der Waals surface area (Å²) in [7, 11) is 0. The van der Waals surface area contributed by atoms with E-state index < -0.39 is 5.54 Å². The molecule has 1 N–H and O–H groups in total. The summed E-state index contributed by atoms with van der Waals surface area (Å²) in [6, 6.07) is 11.4. The Bertz CT molecular complexity index is 934. The van der Waals surface area contributed by atoms with E-state index in [2.05, 4.69) is 17.1 Å². The van der Waals surface area contributed by atoms with Crippen molar-refractivity contribution >= 4 is 17.9 Å². The van der Waals surface area contributed by atoms with Gasteiger partial charge in [-0.1, -0.05) is 36.4 Å². The Labute approximate surface area is 170 Å². The lowest BCUT2D eigenvalue weighted by Gasteiger charge is -2.70. The number of pyridine rings is 1. The second kappa shape index (κ2) is 7.44. The van der Waals surface area contributed by atoms with E-state index in [0.717, 1.165) is 11.1 Å². The zero-order valence-corrected chi connectivity index (χ0v) is 16.7. The number of benzene rings is 1. The third kappa shape index (κ3) is 3.04. The molecule has 2 atom stereocenters. The van der Waals surface area contributed by atoms with Crippen LogP contribution in [0.2, 0.25) is 0 Å². The molecule has 1 aromatic carbocycles. The highest BCUT2D eigenvalue weighted by molar-refractivity contribution is 5.95. The smallest absolute Gasteiger partial charge is 0.254 e. The average Bonchev–Trinajstić information content (AvgIpc) is 2.68. The summed E-state index contributed by atoms with van der Waals surface area (Å²) in [5.74, 6) is -0.129. The Balaban J connectivity index is 1.61. The van der Waals surface area contributed by atoms with Gasteiger partial charge in [-0.25, -0.2) is 0 Å². The minimum atomic E-state index is -0.454. The molecule has 2 aromatic rings. The Hall–Kier alpha value is -2.99. The largest absolute Gasteiger partial charge is 0.394 e. The maximum Gasteiger partial charge on any atom is 0.254 e. The van der Waals surface area contributed by atoms with E-state index in [9.17, 15) is 14.7 Å². The molecule has 3 heterocycles. The fourth-order valence-corrected chi connectivity index (χ4v) is 4.96. The van der Waals surface area contributed by atoms with Crippen molar-refractivity contribution in [3.63, 3.8) is 0 Å². The molecule has 0 bridgehead atoms. The maximum atomic E-state index is 12.8. The molecule has 4 rings (SSSR count). The van der Waals surface area contributed by atoms with Gasteiger partial charge in [0, 0.05) is 43.9 Å². The van der Waals surface area contributed by atoms with Crippen LogP contribution in [0, 0.1) is 0 Å². The first kappa shape index (κ1) is 19.3.